The van der Waals surface area contributed by atoms with Crippen molar-refractivity contribution >= 4 is 11.7 Å². The minimum absolute atomic E-state index is 0.0904. The van der Waals surface area contributed by atoms with Crippen LogP contribution in [0, 0.1) is 0 Å². The number of likely N-dealkylation sites (tertiary alicyclic amines) is 1. The number of carbonyl (C=O) groups excluding carboxylic acids is 2. The number of Topliss-reactive ketones (excluding diaryl/α,β-unsaturated/α-hetero) is 1. The van der Waals surface area contributed by atoms with Crippen LogP contribution in [0.4, 0.5) is 0 Å². The maximum absolute atomic E-state index is 12.8. The zero-order valence-corrected chi connectivity index (χ0v) is 18.3. The van der Waals surface area contributed by atoms with Gasteiger partial charge in [0.2, 0.25) is 5.75 Å². The highest BCUT2D eigenvalue weighted by Gasteiger charge is 2.23. The molecule has 0 radical (unpaired) electrons. The average Bonchev–Trinajstić information content (AvgIpc) is 2.82. The van der Waals surface area contributed by atoms with Crippen molar-refractivity contribution in [1.29, 1.82) is 0 Å². The predicted molar refractivity (Wildman–Crippen MR) is 118 cm³/mol. The second-order valence-corrected chi connectivity index (χ2v) is 7.54. The van der Waals surface area contributed by atoms with Crippen LogP contribution in [0.1, 0.15) is 40.0 Å². The Hall–Kier alpha value is -3.06. The first-order valence-corrected chi connectivity index (χ1v) is 10.5. The third-order valence-corrected chi connectivity index (χ3v) is 5.60. The maximum atomic E-state index is 12.8. The number of ketones is 1. The highest BCUT2D eigenvalue weighted by Crippen LogP contribution is 2.38. The van der Waals surface area contributed by atoms with Crippen LogP contribution >= 0.6 is 0 Å². The molecular formula is C24H30N2O5. The minimum atomic E-state index is -0.169. The van der Waals surface area contributed by atoms with Crippen LogP contribution in [-0.4, -0.2) is 63.6 Å². The Bertz CT molecular complexity index is 867. The van der Waals surface area contributed by atoms with Gasteiger partial charge in [-0.25, -0.2) is 0 Å². The molecule has 1 fully saturated rings. The third kappa shape index (κ3) is 5.76. The number of hydrogen-bond donors (Lipinski definition) is 1. The summed E-state index contributed by atoms with van der Waals surface area (Å²) in [5.74, 6) is 1.35. The Morgan fingerprint density at radius 2 is 1.55 bits per heavy atom. The van der Waals surface area contributed by atoms with E-state index in [2.05, 4.69) is 10.2 Å². The van der Waals surface area contributed by atoms with Crippen LogP contribution in [0.2, 0.25) is 0 Å². The van der Waals surface area contributed by atoms with Crippen LogP contribution in [0.5, 0.6) is 17.2 Å². The molecule has 0 aliphatic carbocycles. The number of carbonyl (C=O) groups is 2. The fourth-order valence-corrected chi connectivity index (χ4v) is 3.81. The van der Waals surface area contributed by atoms with Gasteiger partial charge in [0.1, 0.15) is 0 Å². The second-order valence-electron chi connectivity index (χ2n) is 7.54. The third-order valence-electron chi connectivity index (χ3n) is 5.60. The summed E-state index contributed by atoms with van der Waals surface area (Å²) in [6.07, 6.45) is 2.19. The summed E-state index contributed by atoms with van der Waals surface area (Å²) >= 11 is 0. The van der Waals surface area contributed by atoms with E-state index in [9.17, 15) is 9.59 Å². The van der Waals surface area contributed by atoms with Crippen molar-refractivity contribution < 1.29 is 23.8 Å². The lowest BCUT2D eigenvalue weighted by Crippen LogP contribution is -2.45. The molecule has 7 nitrogen and oxygen atoms in total. The lowest BCUT2D eigenvalue weighted by atomic mass is 10.0. The summed E-state index contributed by atoms with van der Waals surface area (Å²) in [5.41, 5.74) is 1.22. The van der Waals surface area contributed by atoms with E-state index in [0.29, 0.717) is 29.2 Å². The number of piperidine rings is 1. The quantitative estimate of drug-likeness (QED) is 0.621. The fraction of sp³-hybridized carbons (Fsp3) is 0.417. The Balaban J connectivity index is 1.50. The smallest absolute Gasteiger partial charge is 0.251 e. The zero-order valence-electron chi connectivity index (χ0n) is 18.3. The monoisotopic (exact) mass is 426 g/mol. The number of benzene rings is 2. The molecule has 3 rings (SSSR count). The van der Waals surface area contributed by atoms with Crippen LogP contribution in [0.25, 0.3) is 0 Å². The molecule has 1 heterocycles. The van der Waals surface area contributed by atoms with E-state index in [1.54, 1.807) is 12.1 Å². The molecule has 0 aromatic heterocycles. The molecular weight excluding hydrogens is 396 g/mol. The molecule has 0 bridgehead atoms. The molecule has 1 amide bonds. The molecule has 1 aliphatic heterocycles. The van der Waals surface area contributed by atoms with Crippen LogP contribution in [-0.2, 0) is 0 Å². The van der Waals surface area contributed by atoms with Crippen molar-refractivity contribution in [3.8, 4) is 17.2 Å². The van der Waals surface area contributed by atoms with Crippen molar-refractivity contribution in [2.45, 2.75) is 25.3 Å². The lowest BCUT2D eigenvalue weighted by molar-refractivity contribution is 0.0904. The van der Waals surface area contributed by atoms with Gasteiger partial charge in [-0.3, -0.25) is 9.59 Å². The van der Waals surface area contributed by atoms with Gasteiger partial charge in [-0.2, -0.15) is 0 Å². The topological polar surface area (TPSA) is 77.1 Å². The van der Waals surface area contributed by atoms with E-state index in [-0.39, 0.29) is 17.7 Å². The minimum Gasteiger partial charge on any atom is -0.493 e. The van der Waals surface area contributed by atoms with E-state index in [0.717, 1.165) is 38.0 Å². The summed E-state index contributed by atoms with van der Waals surface area (Å²) in [4.78, 5) is 27.4. The number of amides is 1. The molecule has 0 saturated carbocycles. The molecule has 166 valence electrons. The largest absolute Gasteiger partial charge is 0.493 e. The van der Waals surface area contributed by atoms with Gasteiger partial charge in [0.05, 0.1) is 21.3 Å². The first kappa shape index (κ1) is 22.6. The van der Waals surface area contributed by atoms with E-state index >= 15 is 0 Å². The first-order chi connectivity index (χ1) is 15.0. The Labute approximate surface area is 183 Å². The summed E-state index contributed by atoms with van der Waals surface area (Å²) in [5, 5.41) is 3.10. The summed E-state index contributed by atoms with van der Waals surface area (Å²) in [7, 11) is 4.58. The Morgan fingerprint density at radius 3 is 2.10 bits per heavy atom. The Morgan fingerprint density at radius 1 is 0.935 bits per heavy atom. The van der Waals surface area contributed by atoms with Gasteiger partial charge in [-0.15, -0.1) is 0 Å². The molecule has 1 aliphatic rings. The highest BCUT2D eigenvalue weighted by molar-refractivity contribution is 5.96. The standard InChI is InChI=1S/C24H30N2O5/c1-29-21-15-18(16-22(30-2)23(21)31-3)24(28)25-19-9-12-26(13-10-19)14-11-20(27)17-7-5-4-6-8-17/h4-8,15-16,19H,9-14H2,1-3H3,(H,25,28). The molecule has 31 heavy (non-hydrogen) atoms. The summed E-state index contributed by atoms with van der Waals surface area (Å²) in [6, 6.07) is 12.8. The van der Waals surface area contributed by atoms with Gasteiger partial charge >= 0.3 is 0 Å². The molecule has 1 N–H and O–H groups in total. The van der Waals surface area contributed by atoms with E-state index < -0.39 is 0 Å². The van der Waals surface area contributed by atoms with Gasteiger partial charge in [0.25, 0.3) is 5.91 Å². The van der Waals surface area contributed by atoms with Crippen molar-refractivity contribution in [2.24, 2.45) is 0 Å². The van der Waals surface area contributed by atoms with E-state index in [4.69, 9.17) is 14.2 Å². The lowest BCUT2D eigenvalue weighted by Gasteiger charge is -2.32. The second kappa shape index (κ2) is 10.8. The molecule has 0 atom stereocenters. The maximum Gasteiger partial charge on any atom is 0.251 e. The van der Waals surface area contributed by atoms with Crippen LogP contribution in [0.15, 0.2) is 42.5 Å². The number of methoxy groups -OCH3 is 3. The van der Waals surface area contributed by atoms with Crippen molar-refractivity contribution in [3.63, 3.8) is 0 Å². The fourth-order valence-electron chi connectivity index (χ4n) is 3.81. The Kier molecular flexibility index (Phi) is 7.89. The number of nitrogens with one attached hydrogen (secondary N) is 1. The first-order valence-electron chi connectivity index (χ1n) is 10.5. The van der Waals surface area contributed by atoms with Gasteiger partial charge in [-0.05, 0) is 25.0 Å². The molecule has 1 saturated heterocycles. The normalized spacial score (nSPS) is 14.7. The van der Waals surface area contributed by atoms with Crippen LogP contribution in [0.3, 0.4) is 0 Å². The average molecular weight is 427 g/mol. The van der Waals surface area contributed by atoms with Gasteiger partial charge in [0, 0.05) is 43.2 Å². The van der Waals surface area contributed by atoms with Crippen molar-refractivity contribution in [2.75, 3.05) is 41.0 Å². The van der Waals surface area contributed by atoms with E-state index in [1.807, 2.05) is 30.3 Å². The molecule has 7 heteroatoms. The summed E-state index contributed by atoms with van der Waals surface area (Å²) < 4.78 is 16.0. The van der Waals surface area contributed by atoms with Gasteiger partial charge < -0.3 is 24.4 Å². The molecule has 0 unspecified atom stereocenters. The van der Waals surface area contributed by atoms with Gasteiger partial charge in [-0.1, -0.05) is 30.3 Å². The van der Waals surface area contributed by atoms with Crippen molar-refractivity contribution in [1.82, 2.24) is 10.2 Å². The van der Waals surface area contributed by atoms with E-state index in [1.165, 1.54) is 21.3 Å². The molecule has 2 aromatic carbocycles. The SMILES string of the molecule is COc1cc(C(=O)NC2CCN(CCC(=O)c3ccccc3)CC2)cc(OC)c1OC. The number of nitrogens with zero attached hydrogens (tertiary/aromatic N) is 1. The number of rotatable bonds is 9. The number of hydrogen-bond acceptors (Lipinski definition) is 6. The summed E-state index contributed by atoms with van der Waals surface area (Å²) in [6.45, 7) is 2.44. The molecule has 0 spiro atoms. The molecule has 2 aromatic rings. The predicted octanol–water partition coefficient (Wildman–Crippen LogP) is 3.18. The van der Waals surface area contributed by atoms with Crippen molar-refractivity contribution in [3.05, 3.63) is 53.6 Å². The van der Waals surface area contributed by atoms with Gasteiger partial charge in [0.15, 0.2) is 17.3 Å². The number of ether oxygens (including phenoxy) is 3. The zero-order chi connectivity index (χ0) is 22.2. The highest BCUT2D eigenvalue weighted by atomic mass is 16.5. The van der Waals surface area contributed by atoms with Crippen LogP contribution < -0.4 is 19.5 Å².